The van der Waals surface area contributed by atoms with Gasteiger partial charge in [-0.25, -0.2) is 0 Å². The maximum Gasteiger partial charge on any atom is 0.241 e. The Morgan fingerprint density at radius 2 is 2.25 bits per heavy atom. The summed E-state index contributed by atoms with van der Waals surface area (Å²) in [5, 5.41) is 5.58. The molecule has 0 bridgehead atoms. The lowest BCUT2D eigenvalue weighted by Gasteiger charge is -2.24. The quantitative estimate of drug-likeness (QED) is 0.838. The predicted molar refractivity (Wildman–Crippen MR) is 83.8 cm³/mol. The van der Waals surface area contributed by atoms with Crippen molar-refractivity contribution in [2.45, 2.75) is 38.4 Å². The van der Waals surface area contributed by atoms with Crippen LogP contribution in [0.4, 0.5) is 0 Å². The maximum atomic E-state index is 12.5. The van der Waals surface area contributed by atoms with Crippen molar-refractivity contribution in [3.63, 3.8) is 0 Å². The van der Waals surface area contributed by atoms with E-state index in [1.807, 2.05) is 4.90 Å². The van der Waals surface area contributed by atoms with E-state index in [-0.39, 0.29) is 18.1 Å². The Morgan fingerprint density at radius 1 is 1.45 bits per heavy atom. The van der Waals surface area contributed by atoms with Crippen LogP contribution in [0.5, 0.6) is 0 Å². The lowest BCUT2D eigenvalue weighted by atomic mass is 10.1. The molecule has 0 spiro atoms. The first kappa shape index (κ1) is 15.5. The second-order valence-corrected chi connectivity index (χ2v) is 6.59. The van der Waals surface area contributed by atoms with E-state index in [2.05, 4.69) is 48.7 Å². The molecule has 2 atom stereocenters. The van der Waals surface area contributed by atoms with Gasteiger partial charge in [0.25, 0.3) is 0 Å². The van der Waals surface area contributed by atoms with Crippen molar-refractivity contribution in [1.29, 1.82) is 0 Å². The number of carbonyl (C=O) groups excluding carboxylic acids is 1. The van der Waals surface area contributed by atoms with E-state index in [4.69, 9.17) is 0 Å². The number of nitrogens with zero attached hydrogens (tertiary/aromatic N) is 2. The highest BCUT2D eigenvalue weighted by molar-refractivity contribution is 7.10. The summed E-state index contributed by atoms with van der Waals surface area (Å²) in [5.74, 6) is 0.268. The molecule has 1 saturated heterocycles. The molecule has 1 N–H and O–H groups in total. The van der Waals surface area contributed by atoms with Crippen LogP contribution in [-0.4, -0.2) is 48.9 Å². The molecule has 4 nitrogen and oxygen atoms in total. The Kier molecular flexibility index (Phi) is 5.57. The van der Waals surface area contributed by atoms with Crippen molar-refractivity contribution in [2.24, 2.45) is 0 Å². The number of rotatable bonds is 7. The minimum atomic E-state index is -0.00791. The van der Waals surface area contributed by atoms with E-state index >= 15 is 0 Å². The molecule has 2 heterocycles. The average Bonchev–Trinajstić information content (AvgIpc) is 3.01. The number of amides is 1. The van der Waals surface area contributed by atoms with E-state index in [1.54, 1.807) is 11.3 Å². The number of hydrogen-bond donors (Lipinski definition) is 1. The molecule has 1 fully saturated rings. The van der Waals surface area contributed by atoms with Gasteiger partial charge in [0.15, 0.2) is 0 Å². The van der Waals surface area contributed by atoms with Crippen LogP contribution >= 0.6 is 11.3 Å². The standard InChI is InChI=1S/C15H25N3OS/c1-4-7-12-15(19)18(10-6-9-17(2)3)14(16-12)13-8-5-11-20-13/h5,8,11-12,14,16H,4,6-7,9-10H2,1-3H3. The number of carbonyl (C=O) groups is 1. The molecule has 1 aromatic rings. The molecule has 0 radical (unpaired) electrons. The molecule has 1 aliphatic heterocycles. The summed E-state index contributed by atoms with van der Waals surface area (Å²) in [4.78, 5) is 18.0. The van der Waals surface area contributed by atoms with Crippen LogP contribution in [0, 0.1) is 0 Å². The highest BCUT2D eigenvalue weighted by Gasteiger charge is 2.38. The summed E-state index contributed by atoms with van der Waals surface area (Å²) in [6, 6.07) is 4.16. The van der Waals surface area contributed by atoms with E-state index < -0.39 is 0 Å². The molecule has 2 unspecified atom stereocenters. The topological polar surface area (TPSA) is 35.6 Å². The van der Waals surface area contributed by atoms with Crippen LogP contribution in [0.15, 0.2) is 17.5 Å². The van der Waals surface area contributed by atoms with Crippen molar-refractivity contribution in [2.75, 3.05) is 27.2 Å². The Labute approximate surface area is 125 Å². The summed E-state index contributed by atoms with van der Waals surface area (Å²) in [6.07, 6.45) is 3.04. The summed E-state index contributed by atoms with van der Waals surface area (Å²) < 4.78 is 0. The third kappa shape index (κ3) is 3.59. The van der Waals surface area contributed by atoms with Crippen LogP contribution in [0.3, 0.4) is 0 Å². The molecule has 1 aromatic heterocycles. The Hall–Kier alpha value is -0.910. The van der Waals surface area contributed by atoms with Gasteiger partial charge in [-0.05, 0) is 44.9 Å². The van der Waals surface area contributed by atoms with Gasteiger partial charge in [-0.2, -0.15) is 0 Å². The summed E-state index contributed by atoms with van der Waals surface area (Å²) >= 11 is 1.72. The van der Waals surface area contributed by atoms with Gasteiger partial charge in [-0.15, -0.1) is 11.3 Å². The molecule has 2 rings (SSSR count). The lowest BCUT2D eigenvalue weighted by molar-refractivity contribution is -0.130. The molecule has 0 saturated carbocycles. The summed E-state index contributed by atoms with van der Waals surface area (Å²) in [5.41, 5.74) is 0. The van der Waals surface area contributed by atoms with Gasteiger partial charge in [-0.3, -0.25) is 10.1 Å². The van der Waals surface area contributed by atoms with Gasteiger partial charge in [-0.1, -0.05) is 19.4 Å². The van der Waals surface area contributed by atoms with Gasteiger partial charge in [0, 0.05) is 11.4 Å². The summed E-state index contributed by atoms with van der Waals surface area (Å²) in [6.45, 7) is 3.97. The highest BCUT2D eigenvalue weighted by atomic mass is 32.1. The van der Waals surface area contributed by atoms with Crippen molar-refractivity contribution >= 4 is 17.2 Å². The molecule has 1 aliphatic rings. The third-order valence-electron chi connectivity index (χ3n) is 3.65. The first-order valence-electron chi connectivity index (χ1n) is 7.38. The van der Waals surface area contributed by atoms with Crippen molar-refractivity contribution < 1.29 is 4.79 Å². The SMILES string of the molecule is CCCC1NC(c2cccs2)N(CCCN(C)C)C1=O. The van der Waals surface area contributed by atoms with Crippen LogP contribution in [-0.2, 0) is 4.79 Å². The predicted octanol–water partition coefficient (Wildman–Crippen LogP) is 2.30. The molecular formula is C15H25N3OS. The number of hydrogen-bond acceptors (Lipinski definition) is 4. The van der Waals surface area contributed by atoms with Crippen LogP contribution in [0.25, 0.3) is 0 Å². The normalized spacial score (nSPS) is 23.0. The number of nitrogens with one attached hydrogen (secondary N) is 1. The molecule has 1 amide bonds. The minimum Gasteiger partial charge on any atom is -0.321 e. The zero-order valence-corrected chi connectivity index (χ0v) is 13.4. The van der Waals surface area contributed by atoms with Crippen molar-refractivity contribution in [3.05, 3.63) is 22.4 Å². The Morgan fingerprint density at radius 3 is 2.85 bits per heavy atom. The first-order valence-corrected chi connectivity index (χ1v) is 8.26. The molecular weight excluding hydrogens is 270 g/mol. The van der Waals surface area contributed by atoms with E-state index in [9.17, 15) is 4.79 Å². The summed E-state index contributed by atoms with van der Waals surface area (Å²) in [7, 11) is 4.14. The zero-order valence-electron chi connectivity index (χ0n) is 12.6. The van der Waals surface area contributed by atoms with Crippen LogP contribution in [0.2, 0.25) is 0 Å². The molecule has 0 aliphatic carbocycles. The van der Waals surface area contributed by atoms with Crippen molar-refractivity contribution in [1.82, 2.24) is 15.1 Å². The Bertz CT molecular complexity index is 419. The van der Waals surface area contributed by atoms with Crippen LogP contribution < -0.4 is 5.32 Å². The smallest absolute Gasteiger partial charge is 0.241 e. The fourth-order valence-corrected chi connectivity index (χ4v) is 3.45. The zero-order chi connectivity index (χ0) is 14.5. The monoisotopic (exact) mass is 295 g/mol. The number of thiophene rings is 1. The van der Waals surface area contributed by atoms with Gasteiger partial charge >= 0.3 is 0 Å². The van der Waals surface area contributed by atoms with E-state index in [1.165, 1.54) is 4.88 Å². The lowest BCUT2D eigenvalue weighted by Crippen LogP contribution is -2.33. The minimum absolute atomic E-state index is 0.00791. The van der Waals surface area contributed by atoms with Gasteiger partial charge in [0.2, 0.25) is 5.91 Å². The van der Waals surface area contributed by atoms with Crippen molar-refractivity contribution in [3.8, 4) is 0 Å². The fraction of sp³-hybridized carbons (Fsp3) is 0.667. The molecule has 0 aromatic carbocycles. The van der Waals surface area contributed by atoms with Gasteiger partial charge in [0.1, 0.15) is 6.17 Å². The second kappa shape index (κ2) is 7.20. The highest BCUT2D eigenvalue weighted by Crippen LogP contribution is 2.29. The maximum absolute atomic E-state index is 12.5. The van der Waals surface area contributed by atoms with Gasteiger partial charge in [0.05, 0.1) is 6.04 Å². The second-order valence-electron chi connectivity index (χ2n) is 5.61. The van der Waals surface area contributed by atoms with Crippen LogP contribution in [0.1, 0.15) is 37.2 Å². The fourth-order valence-electron chi connectivity index (χ4n) is 2.65. The van der Waals surface area contributed by atoms with E-state index in [0.29, 0.717) is 0 Å². The molecule has 20 heavy (non-hydrogen) atoms. The molecule has 112 valence electrons. The average molecular weight is 295 g/mol. The third-order valence-corrected chi connectivity index (χ3v) is 4.57. The van der Waals surface area contributed by atoms with E-state index in [0.717, 1.165) is 32.4 Å². The largest absolute Gasteiger partial charge is 0.321 e. The molecule has 5 heteroatoms. The van der Waals surface area contributed by atoms with Gasteiger partial charge < -0.3 is 9.80 Å². The first-order chi connectivity index (χ1) is 9.63. The Balaban J connectivity index is 2.05.